The fourth-order valence-electron chi connectivity index (χ4n) is 5.45. The lowest BCUT2D eigenvalue weighted by molar-refractivity contribution is 0.683. The maximum Gasteiger partial charge on any atom is 0.0639 e. The van der Waals surface area contributed by atoms with Crippen LogP contribution in [0, 0.1) is 0 Å². The molecule has 0 bridgehead atoms. The van der Waals surface area contributed by atoms with Crippen LogP contribution in [0.4, 0.5) is 11.4 Å². The van der Waals surface area contributed by atoms with Crippen molar-refractivity contribution in [1.29, 1.82) is 0 Å². The van der Waals surface area contributed by atoms with Gasteiger partial charge in [-0.3, -0.25) is 9.98 Å². The van der Waals surface area contributed by atoms with Crippen molar-refractivity contribution in [3.05, 3.63) is 58.7 Å². The highest BCUT2D eigenvalue weighted by Crippen LogP contribution is 2.25. The van der Waals surface area contributed by atoms with Gasteiger partial charge in [-0.2, -0.15) is 0 Å². The molecule has 0 aliphatic heterocycles. The van der Waals surface area contributed by atoms with Crippen LogP contribution in [0.3, 0.4) is 0 Å². The van der Waals surface area contributed by atoms with Crippen LogP contribution in [0.1, 0.15) is 147 Å². The Kier molecular flexibility index (Phi) is 16.7. The van der Waals surface area contributed by atoms with Gasteiger partial charge in [0.1, 0.15) is 0 Å². The van der Waals surface area contributed by atoms with E-state index in [1.54, 1.807) is 0 Å². The molecular formula is C37H58N2. The van der Waals surface area contributed by atoms with Gasteiger partial charge in [0.2, 0.25) is 0 Å². The average molecular weight is 531 g/mol. The van der Waals surface area contributed by atoms with Crippen molar-refractivity contribution >= 4 is 22.8 Å². The van der Waals surface area contributed by atoms with E-state index in [0.717, 1.165) is 49.9 Å². The van der Waals surface area contributed by atoms with Crippen LogP contribution in [0.5, 0.6) is 0 Å². The molecule has 2 aromatic rings. The van der Waals surface area contributed by atoms with Crippen molar-refractivity contribution in [1.82, 2.24) is 0 Å². The lowest BCUT2D eigenvalue weighted by Gasteiger charge is -2.14. The van der Waals surface area contributed by atoms with Crippen LogP contribution in [-0.2, 0) is 25.7 Å². The highest BCUT2D eigenvalue weighted by atomic mass is 14.8. The Bertz CT molecular complexity index is 966. The van der Waals surface area contributed by atoms with Gasteiger partial charge in [0.15, 0.2) is 0 Å². The molecule has 0 aromatic heterocycles. The molecule has 0 atom stereocenters. The third kappa shape index (κ3) is 12.7. The molecule has 0 saturated heterocycles. The molecule has 0 N–H and O–H groups in total. The maximum absolute atomic E-state index is 5.42. The molecule has 0 fully saturated rings. The first-order valence-electron chi connectivity index (χ1n) is 16.5. The van der Waals surface area contributed by atoms with Crippen molar-refractivity contribution in [2.24, 2.45) is 9.98 Å². The topological polar surface area (TPSA) is 24.7 Å². The maximum atomic E-state index is 5.42. The van der Waals surface area contributed by atoms with Crippen LogP contribution in [-0.4, -0.2) is 11.4 Å². The second-order valence-corrected chi connectivity index (χ2v) is 11.4. The van der Waals surface area contributed by atoms with Gasteiger partial charge in [0.05, 0.1) is 22.8 Å². The predicted molar refractivity (Wildman–Crippen MR) is 176 cm³/mol. The van der Waals surface area contributed by atoms with Gasteiger partial charge in [0.25, 0.3) is 0 Å². The number of aryl methyl sites for hydroxylation is 4. The summed E-state index contributed by atoms with van der Waals surface area (Å²) in [6.07, 6.45) is 19.8. The van der Waals surface area contributed by atoms with E-state index in [2.05, 4.69) is 77.9 Å². The molecule has 0 spiro atoms. The van der Waals surface area contributed by atoms with Gasteiger partial charge in [-0.05, 0) is 97.9 Å². The van der Waals surface area contributed by atoms with Crippen LogP contribution in [0.2, 0.25) is 0 Å². The van der Waals surface area contributed by atoms with E-state index in [0.29, 0.717) is 0 Å². The molecule has 0 radical (unpaired) electrons. The predicted octanol–water partition coefficient (Wildman–Crippen LogP) is 11.9. The largest absolute Gasteiger partial charge is 0.252 e. The van der Waals surface area contributed by atoms with Crippen molar-refractivity contribution < 1.29 is 0 Å². The minimum absolute atomic E-state index is 1.01. The van der Waals surface area contributed by atoms with Crippen LogP contribution >= 0.6 is 0 Å². The fourth-order valence-corrected chi connectivity index (χ4v) is 5.45. The molecule has 0 aliphatic rings. The normalized spacial score (nSPS) is 12.4. The summed E-state index contributed by atoms with van der Waals surface area (Å²) in [4.78, 5) is 10.8. The van der Waals surface area contributed by atoms with E-state index in [-0.39, 0.29) is 0 Å². The Morgan fingerprint density at radius 2 is 0.744 bits per heavy atom. The number of aliphatic imine (C=N–C) groups is 2. The molecule has 0 heterocycles. The number of nitrogens with zero attached hydrogens (tertiary/aromatic N) is 2. The van der Waals surface area contributed by atoms with Crippen molar-refractivity contribution in [2.45, 2.75) is 151 Å². The first-order chi connectivity index (χ1) is 19.1. The third-order valence-corrected chi connectivity index (χ3v) is 7.37. The number of hydrogen-bond acceptors (Lipinski definition) is 2. The lowest BCUT2D eigenvalue weighted by Crippen LogP contribution is -2.14. The summed E-state index contributed by atoms with van der Waals surface area (Å²) in [5.74, 6) is 0. The van der Waals surface area contributed by atoms with Gasteiger partial charge in [-0.25, -0.2) is 0 Å². The molecule has 0 amide bonds. The molecule has 216 valence electrons. The Morgan fingerprint density at radius 1 is 0.410 bits per heavy atom. The summed E-state index contributed by atoms with van der Waals surface area (Å²) in [5.41, 5.74) is 10.4. The Hall–Kier alpha value is -2.22. The van der Waals surface area contributed by atoms with E-state index in [4.69, 9.17) is 9.98 Å². The Morgan fingerprint density at radius 3 is 1.08 bits per heavy atom. The van der Waals surface area contributed by atoms with Crippen LogP contribution in [0.15, 0.2) is 46.4 Å². The van der Waals surface area contributed by atoms with E-state index in [9.17, 15) is 0 Å². The molecule has 0 saturated carbocycles. The van der Waals surface area contributed by atoms with E-state index >= 15 is 0 Å². The van der Waals surface area contributed by atoms with Crippen molar-refractivity contribution in [3.8, 4) is 0 Å². The van der Waals surface area contributed by atoms with Crippen LogP contribution < -0.4 is 0 Å². The lowest BCUT2D eigenvalue weighted by atomic mass is 9.99. The zero-order valence-corrected chi connectivity index (χ0v) is 26.4. The first-order valence-corrected chi connectivity index (χ1v) is 16.5. The summed E-state index contributed by atoms with van der Waals surface area (Å²) in [6, 6.07) is 14.1. The minimum atomic E-state index is 1.01. The molecule has 2 nitrogen and oxygen atoms in total. The van der Waals surface area contributed by atoms with Gasteiger partial charge in [0, 0.05) is 0 Å². The number of rotatable bonds is 20. The van der Waals surface area contributed by atoms with Crippen LogP contribution in [0.25, 0.3) is 0 Å². The summed E-state index contributed by atoms with van der Waals surface area (Å²) >= 11 is 0. The second kappa shape index (κ2) is 19.8. The number of unbranched alkanes of at least 4 members (excludes halogenated alkanes) is 5. The smallest absolute Gasteiger partial charge is 0.0639 e. The van der Waals surface area contributed by atoms with E-state index in [1.807, 2.05) is 0 Å². The third-order valence-electron chi connectivity index (χ3n) is 7.37. The summed E-state index contributed by atoms with van der Waals surface area (Å²) < 4.78 is 0. The fraction of sp³-hybridized carbons (Fsp3) is 0.622. The standard InChI is InChI=1S/C37H58N2/c1-7-13-15-17-23-37(39-35-28-32(20-11-5)25-33(29-35)21-12-6)36(22-16-14-8-2)38-34-26-30(18-9-3)24-31(27-34)19-10-4/h24-29H,7-23H2,1-6H3. The highest BCUT2D eigenvalue weighted by molar-refractivity contribution is 6.43. The second-order valence-electron chi connectivity index (χ2n) is 11.4. The zero-order chi connectivity index (χ0) is 28.3. The average Bonchev–Trinajstić information content (AvgIpc) is 2.91. The monoisotopic (exact) mass is 530 g/mol. The summed E-state index contributed by atoms with van der Waals surface area (Å²) in [6.45, 7) is 13.7. The van der Waals surface area contributed by atoms with E-state index < -0.39 is 0 Å². The molecule has 39 heavy (non-hydrogen) atoms. The SMILES string of the molecule is CCCCCCC(=Nc1cc(CCC)cc(CCC)c1)C(CCCCC)=Nc1cc(CCC)cc(CCC)c1. The van der Waals surface area contributed by atoms with Crippen molar-refractivity contribution in [3.63, 3.8) is 0 Å². The molecule has 0 unspecified atom stereocenters. The number of hydrogen-bond donors (Lipinski definition) is 0. The molecule has 0 aliphatic carbocycles. The first kappa shape index (κ1) is 33.0. The number of benzene rings is 2. The molecular weight excluding hydrogens is 472 g/mol. The van der Waals surface area contributed by atoms with Gasteiger partial charge in [-0.1, -0.05) is 111 Å². The quantitative estimate of drug-likeness (QED) is 0.120. The summed E-state index contributed by atoms with van der Waals surface area (Å²) in [7, 11) is 0. The van der Waals surface area contributed by atoms with Crippen molar-refractivity contribution in [2.75, 3.05) is 0 Å². The minimum Gasteiger partial charge on any atom is -0.252 e. The highest BCUT2D eigenvalue weighted by Gasteiger charge is 2.13. The van der Waals surface area contributed by atoms with Gasteiger partial charge in [-0.15, -0.1) is 0 Å². The molecule has 2 rings (SSSR count). The Labute approximate surface area is 241 Å². The summed E-state index contributed by atoms with van der Waals surface area (Å²) in [5, 5.41) is 0. The Balaban J connectivity index is 2.61. The van der Waals surface area contributed by atoms with E-state index in [1.165, 1.54) is 104 Å². The zero-order valence-electron chi connectivity index (χ0n) is 26.4. The van der Waals surface area contributed by atoms with Gasteiger partial charge < -0.3 is 0 Å². The molecule has 2 aromatic carbocycles. The molecule has 2 heteroatoms. The van der Waals surface area contributed by atoms with Gasteiger partial charge >= 0.3 is 0 Å².